The maximum atomic E-state index is 12.0. The number of nitro benzene ring substituents is 1. The van der Waals surface area contributed by atoms with Crippen LogP contribution in [0, 0.1) is 16.0 Å². The molecule has 126 valence electrons. The summed E-state index contributed by atoms with van der Waals surface area (Å²) in [5.74, 6) is 0.497. The van der Waals surface area contributed by atoms with E-state index in [4.69, 9.17) is 4.74 Å². The summed E-state index contributed by atoms with van der Waals surface area (Å²) in [6.45, 7) is 3.62. The number of hydrogen-bond acceptors (Lipinski definition) is 6. The molecule has 2 heterocycles. The molecular weight excluding hydrogens is 310 g/mol. The van der Waals surface area contributed by atoms with E-state index in [0.717, 1.165) is 30.6 Å². The predicted molar refractivity (Wildman–Crippen MR) is 90.0 cm³/mol. The lowest BCUT2D eigenvalue weighted by molar-refractivity contribution is -0.384. The number of nitrogens with zero attached hydrogens (tertiary/aromatic N) is 3. The lowest BCUT2D eigenvalue weighted by Crippen LogP contribution is -2.39. The van der Waals surface area contributed by atoms with Crippen molar-refractivity contribution in [1.82, 2.24) is 4.98 Å². The van der Waals surface area contributed by atoms with Crippen LogP contribution in [-0.2, 0) is 9.53 Å². The fourth-order valence-electron chi connectivity index (χ4n) is 3.03. The van der Waals surface area contributed by atoms with Crippen molar-refractivity contribution in [2.45, 2.75) is 19.8 Å². The normalized spacial score (nSPS) is 17.7. The lowest BCUT2D eigenvalue weighted by atomic mass is 9.98. The van der Waals surface area contributed by atoms with Gasteiger partial charge < -0.3 is 9.64 Å². The minimum absolute atomic E-state index is 0.0531. The smallest absolute Gasteiger partial charge is 0.310 e. The Kier molecular flexibility index (Phi) is 4.59. The Hall–Kier alpha value is -2.70. The quantitative estimate of drug-likeness (QED) is 0.487. The second-order valence-corrected chi connectivity index (χ2v) is 5.84. The fourth-order valence-corrected chi connectivity index (χ4v) is 3.03. The van der Waals surface area contributed by atoms with Crippen molar-refractivity contribution in [3.05, 3.63) is 40.4 Å². The van der Waals surface area contributed by atoms with Crippen molar-refractivity contribution in [2.24, 2.45) is 5.92 Å². The zero-order valence-corrected chi connectivity index (χ0v) is 13.5. The first-order valence-electron chi connectivity index (χ1n) is 8.05. The highest BCUT2D eigenvalue weighted by Crippen LogP contribution is 2.26. The Morgan fingerprint density at radius 2 is 2.25 bits per heavy atom. The highest BCUT2D eigenvalue weighted by Gasteiger charge is 2.27. The van der Waals surface area contributed by atoms with Gasteiger partial charge in [0.15, 0.2) is 0 Å². The number of fused-ring (bicyclic) bond motifs is 1. The van der Waals surface area contributed by atoms with Crippen molar-refractivity contribution in [3.8, 4) is 0 Å². The first-order chi connectivity index (χ1) is 11.6. The minimum Gasteiger partial charge on any atom is -0.466 e. The van der Waals surface area contributed by atoms with Crippen molar-refractivity contribution in [1.29, 1.82) is 0 Å². The predicted octanol–water partition coefficient (Wildman–Crippen LogP) is 2.92. The molecule has 1 aromatic heterocycles. The number of carbonyl (C=O) groups is 1. The van der Waals surface area contributed by atoms with Gasteiger partial charge in [-0.3, -0.25) is 14.9 Å². The summed E-state index contributed by atoms with van der Waals surface area (Å²) in [5, 5.41) is 11.6. The van der Waals surface area contributed by atoms with E-state index in [-0.39, 0.29) is 17.6 Å². The summed E-state index contributed by atoms with van der Waals surface area (Å²) < 4.78 is 5.12. The molecule has 0 N–H and O–H groups in total. The molecular formula is C17H19N3O4. The number of esters is 1. The third-order valence-corrected chi connectivity index (χ3v) is 4.23. The van der Waals surface area contributed by atoms with Crippen LogP contribution in [0.3, 0.4) is 0 Å². The number of aromatic nitrogens is 1. The zero-order valence-electron chi connectivity index (χ0n) is 13.5. The van der Waals surface area contributed by atoms with Crippen molar-refractivity contribution in [2.75, 3.05) is 24.6 Å². The van der Waals surface area contributed by atoms with Gasteiger partial charge in [0.05, 0.1) is 23.0 Å². The maximum absolute atomic E-state index is 12.0. The van der Waals surface area contributed by atoms with Gasteiger partial charge in [-0.25, -0.2) is 4.98 Å². The van der Waals surface area contributed by atoms with Crippen LogP contribution in [0.2, 0.25) is 0 Å². The monoisotopic (exact) mass is 329 g/mol. The second-order valence-electron chi connectivity index (χ2n) is 5.84. The van der Waals surface area contributed by atoms with E-state index in [2.05, 4.69) is 9.88 Å². The standard InChI is InChI=1S/C17H19N3O4/c1-2-24-17(21)13-4-3-9-19(11-13)16-8-5-12-10-14(20(22)23)6-7-15(12)18-16/h5-8,10,13H,2-4,9,11H2,1H3. The van der Waals surface area contributed by atoms with E-state index in [1.54, 1.807) is 6.07 Å². The first-order valence-corrected chi connectivity index (χ1v) is 8.05. The van der Waals surface area contributed by atoms with Crippen molar-refractivity contribution in [3.63, 3.8) is 0 Å². The topological polar surface area (TPSA) is 85.6 Å². The fraction of sp³-hybridized carbons (Fsp3) is 0.412. The summed E-state index contributed by atoms with van der Waals surface area (Å²) in [7, 11) is 0. The number of carbonyl (C=O) groups excluding carboxylic acids is 1. The number of anilines is 1. The third-order valence-electron chi connectivity index (χ3n) is 4.23. The number of piperidine rings is 1. The van der Waals surface area contributed by atoms with Crippen LogP contribution < -0.4 is 4.90 Å². The Balaban J connectivity index is 1.82. The minimum atomic E-state index is -0.415. The van der Waals surface area contributed by atoms with Crippen molar-refractivity contribution < 1.29 is 14.5 Å². The van der Waals surface area contributed by atoms with Gasteiger partial charge in [0.2, 0.25) is 0 Å². The average Bonchev–Trinajstić information content (AvgIpc) is 2.61. The molecule has 0 aliphatic carbocycles. The van der Waals surface area contributed by atoms with Gasteiger partial charge in [0.1, 0.15) is 5.82 Å². The molecule has 7 nitrogen and oxygen atoms in total. The number of benzene rings is 1. The molecule has 1 fully saturated rings. The molecule has 0 radical (unpaired) electrons. The molecule has 24 heavy (non-hydrogen) atoms. The molecule has 1 atom stereocenters. The largest absolute Gasteiger partial charge is 0.466 e. The highest BCUT2D eigenvalue weighted by molar-refractivity contribution is 5.82. The first kappa shape index (κ1) is 16.2. The van der Waals surface area contributed by atoms with Crippen LogP contribution in [0.4, 0.5) is 11.5 Å². The van der Waals surface area contributed by atoms with Gasteiger partial charge in [0, 0.05) is 30.6 Å². The number of nitro groups is 1. The molecule has 1 aromatic carbocycles. The molecule has 1 aliphatic rings. The summed E-state index contributed by atoms with van der Waals surface area (Å²) in [4.78, 5) is 29.1. The van der Waals surface area contributed by atoms with Gasteiger partial charge in [0.25, 0.3) is 5.69 Å². The number of hydrogen-bond donors (Lipinski definition) is 0. The Morgan fingerprint density at radius 3 is 3.00 bits per heavy atom. The van der Waals surface area contributed by atoms with E-state index in [1.165, 1.54) is 12.1 Å². The molecule has 1 unspecified atom stereocenters. The number of rotatable bonds is 4. The molecule has 0 amide bonds. The molecule has 2 aromatic rings. The van der Waals surface area contributed by atoms with Gasteiger partial charge in [-0.15, -0.1) is 0 Å². The van der Waals surface area contributed by atoms with Gasteiger partial charge >= 0.3 is 5.97 Å². The summed E-state index contributed by atoms with van der Waals surface area (Å²) in [5.41, 5.74) is 0.758. The average molecular weight is 329 g/mol. The molecule has 7 heteroatoms. The number of pyridine rings is 1. The molecule has 3 rings (SSSR count). The Bertz CT molecular complexity index is 778. The van der Waals surface area contributed by atoms with Crippen molar-refractivity contribution >= 4 is 28.4 Å². The number of non-ortho nitro benzene ring substituents is 1. The van der Waals surface area contributed by atoms with Gasteiger partial charge in [-0.2, -0.15) is 0 Å². The summed E-state index contributed by atoms with van der Waals surface area (Å²) in [6.07, 6.45) is 1.73. The SMILES string of the molecule is CCOC(=O)C1CCCN(c2ccc3cc([N+](=O)[O-])ccc3n2)C1. The van der Waals surface area contributed by atoms with E-state index < -0.39 is 4.92 Å². The lowest BCUT2D eigenvalue weighted by Gasteiger charge is -2.32. The van der Waals surface area contributed by atoms with Crippen LogP contribution >= 0.6 is 0 Å². The molecule has 1 saturated heterocycles. The van der Waals surface area contributed by atoms with Crippen LogP contribution in [0.1, 0.15) is 19.8 Å². The van der Waals surface area contributed by atoms with Gasteiger partial charge in [-0.05, 0) is 38.0 Å². The third kappa shape index (κ3) is 3.29. The van der Waals surface area contributed by atoms with Gasteiger partial charge in [-0.1, -0.05) is 0 Å². The second kappa shape index (κ2) is 6.82. The highest BCUT2D eigenvalue weighted by atomic mass is 16.6. The van der Waals surface area contributed by atoms with Crippen LogP contribution in [0.15, 0.2) is 30.3 Å². The van der Waals surface area contributed by atoms with E-state index in [0.29, 0.717) is 18.7 Å². The van der Waals surface area contributed by atoms with E-state index in [1.807, 2.05) is 19.1 Å². The number of ether oxygens (including phenoxy) is 1. The zero-order chi connectivity index (χ0) is 17.1. The van der Waals surface area contributed by atoms with Crippen LogP contribution in [-0.4, -0.2) is 35.6 Å². The van der Waals surface area contributed by atoms with Crippen LogP contribution in [0.5, 0.6) is 0 Å². The van der Waals surface area contributed by atoms with E-state index in [9.17, 15) is 14.9 Å². The van der Waals surface area contributed by atoms with E-state index >= 15 is 0 Å². The summed E-state index contributed by atoms with van der Waals surface area (Å²) >= 11 is 0. The Morgan fingerprint density at radius 1 is 1.42 bits per heavy atom. The molecule has 0 bridgehead atoms. The Labute approximate surface area is 139 Å². The summed E-state index contributed by atoms with van der Waals surface area (Å²) in [6, 6.07) is 8.31. The molecule has 0 spiro atoms. The van der Waals surface area contributed by atoms with Crippen LogP contribution in [0.25, 0.3) is 10.9 Å². The maximum Gasteiger partial charge on any atom is 0.310 e. The molecule has 1 aliphatic heterocycles. The molecule has 0 saturated carbocycles.